The van der Waals surface area contributed by atoms with Crippen molar-refractivity contribution < 1.29 is 19.1 Å². The smallest absolute Gasteiger partial charge is 0.305 e. The predicted octanol–water partition coefficient (Wildman–Crippen LogP) is 5.82. The molecule has 0 aliphatic rings. The minimum absolute atomic E-state index is 0.106. The van der Waals surface area contributed by atoms with Crippen molar-refractivity contribution in [3.63, 3.8) is 0 Å². The lowest BCUT2D eigenvalue weighted by Gasteiger charge is -2.07. The summed E-state index contributed by atoms with van der Waals surface area (Å²) in [5.41, 5.74) is 0. The molecule has 0 aliphatic heterocycles. The second-order valence-corrected chi connectivity index (χ2v) is 7.31. The second-order valence-electron chi connectivity index (χ2n) is 7.31. The molecule has 0 spiro atoms. The molecule has 0 fully saturated rings. The van der Waals surface area contributed by atoms with E-state index in [0.717, 1.165) is 38.5 Å². The normalized spacial score (nSPS) is 10.9. The lowest BCUT2D eigenvalue weighted by molar-refractivity contribution is -0.144. The molecule has 25 heavy (non-hydrogen) atoms. The topological polar surface area (TPSA) is 52.6 Å². The summed E-state index contributed by atoms with van der Waals surface area (Å²) in [6.45, 7) is 7.51. The summed E-state index contributed by atoms with van der Waals surface area (Å²) in [6, 6.07) is 0. The third-order valence-electron chi connectivity index (χ3n) is 4.23. The van der Waals surface area contributed by atoms with Crippen LogP contribution in [0.25, 0.3) is 0 Å². The SMILES string of the molecule is CCCCCCCCCOC(=O)CCCCCC(=O)OCCC(C)C. The summed E-state index contributed by atoms with van der Waals surface area (Å²) in [5, 5.41) is 0. The lowest BCUT2D eigenvalue weighted by atomic mass is 10.1. The van der Waals surface area contributed by atoms with Gasteiger partial charge in [0.1, 0.15) is 0 Å². The van der Waals surface area contributed by atoms with Crippen LogP contribution in [0.15, 0.2) is 0 Å². The first-order chi connectivity index (χ1) is 12.1. The van der Waals surface area contributed by atoms with E-state index >= 15 is 0 Å². The van der Waals surface area contributed by atoms with Gasteiger partial charge in [-0.15, -0.1) is 0 Å². The third kappa shape index (κ3) is 19.1. The fourth-order valence-electron chi connectivity index (χ4n) is 2.51. The van der Waals surface area contributed by atoms with E-state index in [9.17, 15) is 9.59 Å². The molecule has 0 aromatic heterocycles. The Morgan fingerprint density at radius 2 is 1.16 bits per heavy atom. The molecule has 0 heterocycles. The van der Waals surface area contributed by atoms with Crippen molar-refractivity contribution in [2.45, 2.75) is 104 Å². The lowest BCUT2D eigenvalue weighted by Crippen LogP contribution is -2.08. The molecule has 0 rings (SSSR count). The Morgan fingerprint density at radius 1 is 0.680 bits per heavy atom. The molecular formula is C21H40O4. The standard InChI is InChI=1S/C21H40O4/c1-4-5-6-7-8-9-13-17-24-20(22)14-11-10-12-15-21(23)25-18-16-19(2)3/h19H,4-18H2,1-3H3. The molecule has 148 valence electrons. The van der Waals surface area contributed by atoms with Crippen LogP contribution >= 0.6 is 0 Å². The van der Waals surface area contributed by atoms with Gasteiger partial charge in [-0.25, -0.2) is 0 Å². The average Bonchev–Trinajstić information content (AvgIpc) is 2.56. The summed E-state index contributed by atoms with van der Waals surface area (Å²) < 4.78 is 10.4. The Morgan fingerprint density at radius 3 is 1.72 bits per heavy atom. The fourth-order valence-corrected chi connectivity index (χ4v) is 2.51. The fraction of sp³-hybridized carbons (Fsp3) is 0.905. The van der Waals surface area contributed by atoms with E-state index in [-0.39, 0.29) is 11.9 Å². The van der Waals surface area contributed by atoms with E-state index in [2.05, 4.69) is 20.8 Å². The van der Waals surface area contributed by atoms with E-state index in [1.54, 1.807) is 0 Å². The van der Waals surface area contributed by atoms with Crippen molar-refractivity contribution in [3.05, 3.63) is 0 Å². The molecule has 0 radical (unpaired) electrons. The Balaban J connectivity index is 3.31. The largest absolute Gasteiger partial charge is 0.466 e. The van der Waals surface area contributed by atoms with Crippen molar-refractivity contribution in [1.29, 1.82) is 0 Å². The predicted molar refractivity (Wildman–Crippen MR) is 102 cm³/mol. The Labute approximate surface area is 155 Å². The minimum atomic E-state index is -0.123. The summed E-state index contributed by atoms with van der Waals surface area (Å²) in [4.78, 5) is 23.1. The highest BCUT2D eigenvalue weighted by atomic mass is 16.5. The van der Waals surface area contributed by atoms with Crippen LogP contribution in [0, 0.1) is 5.92 Å². The molecule has 0 saturated carbocycles. The van der Waals surface area contributed by atoms with Gasteiger partial charge in [0.15, 0.2) is 0 Å². The maximum atomic E-state index is 11.6. The highest BCUT2D eigenvalue weighted by Crippen LogP contribution is 2.09. The number of ether oxygens (including phenoxy) is 2. The number of rotatable bonds is 17. The van der Waals surface area contributed by atoms with Gasteiger partial charge in [-0.3, -0.25) is 9.59 Å². The number of hydrogen-bond donors (Lipinski definition) is 0. The van der Waals surface area contributed by atoms with Gasteiger partial charge in [-0.05, 0) is 31.6 Å². The number of hydrogen-bond acceptors (Lipinski definition) is 4. The van der Waals surface area contributed by atoms with Crippen molar-refractivity contribution in [1.82, 2.24) is 0 Å². The molecule has 0 aliphatic carbocycles. The molecule has 4 nitrogen and oxygen atoms in total. The minimum Gasteiger partial charge on any atom is -0.466 e. The zero-order chi connectivity index (χ0) is 18.8. The second kappa shape index (κ2) is 17.8. The number of carbonyl (C=O) groups is 2. The molecular weight excluding hydrogens is 316 g/mol. The first kappa shape index (κ1) is 23.9. The monoisotopic (exact) mass is 356 g/mol. The molecule has 0 saturated heterocycles. The summed E-state index contributed by atoms with van der Waals surface area (Å²) >= 11 is 0. The van der Waals surface area contributed by atoms with Crippen molar-refractivity contribution in [3.8, 4) is 0 Å². The average molecular weight is 357 g/mol. The van der Waals surface area contributed by atoms with Crippen LogP contribution in [0.1, 0.15) is 104 Å². The zero-order valence-electron chi connectivity index (χ0n) is 16.8. The maximum Gasteiger partial charge on any atom is 0.305 e. The van der Waals surface area contributed by atoms with E-state index < -0.39 is 0 Å². The van der Waals surface area contributed by atoms with Gasteiger partial charge in [-0.2, -0.15) is 0 Å². The quantitative estimate of drug-likeness (QED) is 0.243. The van der Waals surface area contributed by atoms with Crippen molar-refractivity contribution in [2.24, 2.45) is 5.92 Å². The third-order valence-corrected chi connectivity index (χ3v) is 4.23. The molecule has 0 aromatic rings. The van der Waals surface area contributed by atoms with E-state index in [1.165, 1.54) is 32.1 Å². The molecule has 0 N–H and O–H groups in total. The van der Waals surface area contributed by atoms with E-state index in [1.807, 2.05) is 0 Å². The molecule has 0 atom stereocenters. The van der Waals surface area contributed by atoms with E-state index in [4.69, 9.17) is 9.47 Å². The maximum absolute atomic E-state index is 11.6. The molecule has 0 aromatic carbocycles. The Bertz CT molecular complexity index is 326. The molecule has 4 heteroatoms. The number of carbonyl (C=O) groups excluding carboxylic acids is 2. The summed E-state index contributed by atoms with van der Waals surface area (Å²) in [7, 11) is 0. The van der Waals surface area contributed by atoms with Crippen LogP contribution in [0.3, 0.4) is 0 Å². The van der Waals surface area contributed by atoms with Crippen molar-refractivity contribution >= 4 is 11.9 Å². The molecule has 0 bridgehead atoms. The zero-order valence-corrected chi connectivity index (χ0v) is 16.8. The first-order valence-electron chi connectivity index (χ1n) is 10.4. The summed E-state index contributed by atoms with van der Waals surface area (Å²) in [6.07, 6.45) is 12.8. The van der Waals surface area contributed by atoms with Crippen LogP contribution in [-0.2, 0) is 19.1 Å². The van der Waals surface area contributed by atoms with Gasteiger partial charge in [0.25, 0.3) is 0 Å². The van der Waals surface area contributed by atoms with Gasteiger partial charge in [0, 0.05) is 12.8 Å². The van der Waals surface area contributed by atoms with E-state index in [0.29, 0.717) is 32.0 Å². The van der Waals surface area contributed by atoms with Gasteiger partial charge < -0.3 is 9.47 Å². The number of esters is 2. The van der Waals surface area contributed by atoms with Crippen LogP contribution in [0.4, 0.5) is 0 Å². The van der Waals surface area contributed by atoms with Crippen LogP contribution in [0.5, 0.6) is 0 Å². The molecule has 0 unspecified atom stereocenters. The van der Waals surface area contributed by atoms with Gasteiger partial charge >= 0.3 is 11.9 Å². The van der Waals surface area contributed by atoms with Crippen molar-refractivity contribution in [2.75, 3.05) is 13.2 Å². The van der Waals surface area contributed by atoms with Crippen LogP contribution in [0.2, 0.25) is 0 Å². The summed E-state index contributed by atoms with van der Waals surface area (Å²) in [5.74, 6) is 0.326. The number of unbranched alkanes of at least 4 members (excludes halogenated alkanes) is 8. The van der Waals surface area contributed by atoms with Gasteiger partial charge in [-0.1, -0.05) is 65.7 Å². The Hall–Kier alpha value is -1.06. The molecule has 0 amide bonds. The highest BCUT2D eigenvalue weighted by molar-refractivity contribution is 5.69. The van der Waals surface area contributed by atoms with Crippen LogP contribution < -0.4 is 0 Å². The van der Waals surface area contributed by atoms with Gasteiger partial charge in [0.05, 0.1) is 13.2 Å². The van der Waals surface area contributed by atoms with Crippen LogP contribution in [-0.4, -0.2) is 25.2 Å². The highest BCUT2D eigenvalue weighted by Gasteiger charge is 2.06. The first-order valence-corrected chi connectivity index (χ1v) is 10.4. The Kier molecular flexibility index (Phi) is 17.0. The van der Waals surface area contributed by atoms with Gasteiger partial charge in [0.2, 0.25) is 0 Å².